The molecule has 0 aliphatic heterocycles. The highest BCUT2D eigenvalue weighted by Crippen LogP contribution is 2.32. The van der Waals surface area contributed by atoms with Gasteiger partial charge in [-0.25, -0.2) is 0 Å². The number of carboxylic acids is 1. The summed E-state index contributed by atoms with van der Waals surface area (Å²) in [4.78, 5) is 10.9. The molecule has 23 heavy (non-hydrogen) atoms. The first kappa shape index (κ1) is 17.6. The fourth-order valence-corrected chi connectivity index (χ4v) is 2.82. The summed E-state index contributed by atoms with van der Waals surface area (Å²) in [6, 6.07) is 7.89. The van der Waals surface area contributed by atoms with E-state index in [4.69, 9.17) is 15.6 Å². The Hall–Kier alpha value is -1.80. The smallest absolute Gasteiger partial charge is 0.320 e. The van der Waals surface area contributed by atoms with E-state index in [9.17, 15) is 9.90 Å². The predicted molar refractivity (Wildman–Crippen MR) is 96.1 cm³/mol. The van der Waals surface area contributed by atoms with Crippen molar-refractivity contribution in [3.05, 3.63) is 50.6 Å². The summed E-state index contributed by atoms with van der Waals surface area (Å²) in [5.41, 5.74) is 8.26. The Balaban J connectivity index is 2.26. The molecule has 0 spiro atoms. The van der Waals surface area contributed by atoms with Crippen molar-refractivity contribution in [2.75, 3.05) is 0 Å². The summed E-state index contributed by atoms with van der Waals surface area (Å²) in [5.74, 6) is 0.552. The van der Waals surface area contributed by atoms with E-state index >= 15 is 0 Å². The molecule has 0 amide bonds. The van der Waals surface area contributed by atoms with Crippen molar-refractivity contribution in [2.24, 2.45) is 5.73 Å². The van der Waals surface area contributed by atoms with Crippen LogP contribution in [0.3, 0.4) is 0 Å². The molecule has 0 radical (unpaired) electrons. The zero-order valence-electron chi connectivity index (χ0n) is 12.8. The second kappa shape index (κ2) is 7.18. The van der Waals surface area contributed by atoms with Gasteiger partial charge in [-0.3, -0.25) is 4.79 Å². The monoisotopic (exact) mass is 427 g/mol. The molecule has 1 atom stereocenters. The van der Waals surface area contributed by atoms with Crippen molar-refractivity contribution in [1.82, 2.24) is 0 Å². The summed E-state index contributed by atoms with van der Waals surface area (Å²) in [6.07, 6.45) is 0.272. The summed E-state index contributed by atoms with van der Waals surface area (Å²) in [7, 11) is 0. The lowest BCUT2D eigenvalue weighted by atomic mass is 10.0. The van der Waals surface area contributed by atoms with Crippen LogP contribution < -0.4 is 10.5 Å². The van der Waals surface area contributed by atoms with E-state index in [1.807, 2.05) is 48.6 Å². The van der Waals surface area contributed by atoms with Crippen molar-refractivity contribution in [3.63, 3.8) is 0 Å². The Morgan fingerprint density at radius 1 is 1.26 bits per heavy atom. The Kier molecular flexibility index (Phi) is 5.48. The third-order valence-corrected chi connectivity index (χ3v) is 4.30. The molecule has 6 heteroatoms. The Morgan fingerprint density at radius 2 is 1.87 bits per heavy atom. The normalized spacial score (nSPS) is 12.0. The average Bonchev–Trinajstić information content (AvgIpc) is 2.46. The Labute approximate surface area is 148 Å². The average molecular weight is 427 g/mol. The summed E-state index contributed by atoms with van der Waals surface area (Å²) in [6.45, 7) is 3.81. The molecule has 5 nitrogen and oxygen atoms in total. The van der Waals surface area contributed by atoms with Gasteiger partial charge in [0.15, 0.2) is 0 Å². The number of hydrogen-bond donors (Lipinski definition) is 3. The number of halogens is 1. The van der Waals surface area contributed by atoms with Gasteiger partial charge in [0.05, 0.1) is 3.57 Å². The van der Waals surface area contributed by atoms with Gasteiger partial charge in [0.25, 0.3) is 0 Å². The lowest BCUT2D eigenvalue weighted by Crippen LogP contribution is -2.32. The number of aryl methyl sites for hydroxylation is 2. The topological polar surface area (TPSA) is 92.8 Å². The van der Waals surface area contributed by atoms with Crippen LogP contribution in [-0.2, 0) is 11.2 Å². The van der Waals surface area contributed by atoms with Gasteiger partial charge < -0.3 is 20.7 Å². The highest BCUT2D eigenvalue weighted by Gasteiger charge is 2.15. The highest BCUT2D eigenvalue weighted by molar-refractivity contribution is 14.1. The standard InChI is InChI=1S/C17H18INO4/c1-9-5-11(7-14(19)17(21)22)6-10(2)16(9)23-12-3-4-15(20)13(18)8-12/h3-6,8,14,20H,7,19H2,1-2H3,(H,21,22)/t14-/m0/s1. The summed E-state index contributed by atoms with van der Waals surface area (Å²) < 4.78 is 6.63. The summed E-state index contributed by atoms with van der Waals surface area (Å²) in [5, 5.41) is 18.5. The first-order valence-corrected chi connectivity index (χ1v) is 8.10. The number of aromatic hydroxyl groups is 1. The van der Waals surface area contributed by atoms with Gasteiger partial charge in [-0.15, -0.1) is 0 Å². The van der Waals surface area contributed by atoms with Crippen LogP contribution >= 0.6 is 22.6 Å². The fraction of sp³-hybridized carbons (Fsp3) is 0.235. The van der Waals surface area contributed by atoms with Gasteiger partial charge in [0, 0.05) is 0 Å². The number of aliphatic carboxylic acids is 1. The van der Waals surface area contributed by atoms with Gasteiger partial charge in [-0.05, 0) is 77.7 Å². The molecular formula is C17H18INO4. The number of ether oxygens (including phenoxy) is 1. The Morgan fingerprint density at radius 3 is 2.39 bits per heavy atom. The van der Waals surface area contributed by atoms with Crippen molar-refractivity contribution in [2.45, 2.75) is 26.3 Å². The van der Waals surface area contributed by atoms with Gasteiger partial charge in [0.1, 0.15) is 23.3 Å². The van der Waals surface area contributed by atoms with Crippen molar-refractivity contribution in [3.8, 4) is 17.2 Å². The molecular weight excluding hydrogens is 409 g/mol. The van der Waals surface area contributed by atoms with Crippen LogP contribution in [0.1, 0.15) is 16.7 Å². The third-order valence-electron chi connectivity index (χ3n) is 3.43. The minimum absolute atomic E-state index is 0.212. The molecule has 122 valence electrons. The van der Waals surface area contributed by atoms with Crippen LogP contribution in [-0.4, -0.2) is 22.2 Å². The van der Waals surface area contributed by atoms with Crippen LogP contribution in [0.15, 0.2) is 30.3 Å². The first-order chi connectivity index (χ1) is 10.8. The van der Waals surface area contributed by atoms with Crippen LogP contribution in [0, 0.1) is 17.4 Å². The number of carboxylic acid groups (broad SMARTS) is 1. The number of phenolic OH excluding ortho intramolecular Hbond substituents is 1. The van der Waals surface area contributed by atoms with E-state index in [0.717, 1.165) is 22.4 Å². The number of phenols is 1. The van der Waals surface area contributed by atoms with Crippen LogP contribution in [0.2, 0.25) is 0 Å². The quantitative estimate of drug-likeness (QED) is 0.637. The minimum atomic E-state index is -1.01. The minimum Gasteiger partial charge on any atom is -0.507 e. The molecule has 0 heterocycles. The number of nitrogens with two attached hydrogens (primary N) is 1. The highest BCUT2D eigenvalue weighted by atomic mass is 127. The maximum Gasteiger partial charge on any atom is 0.320 e. The Bertz CT molecular complexity index is 722. The molecule has 0 fully saturated rings. The molecule has 2 rings (SSSR count). The van der Waals surface area contributed by atoms with Crippen LogP contribution in [0.4, 0.5) is 0 Å². The van der Waals surface area contributed by atoms with E-state index in [1.54, 1.807) is 18.2 Å². The number of rotatable bonds is 5. The molecule has 2 aromatic carbocycles. The first-order valence-electron chi connectivity index (χ1n) is 7.03. The maximum absolute atomic E-state index is 10.9. The zero-order valence-corrected chi connectivity index (χ0v) is 15.0. The number of benzene rings is 2. The van der Waals surface area contributed by atoms with Crippen molar-refractivity contribution >= 4 is 28.6 Å². The van der Waals surface area contributed by atoms with Gasteiger partial charge >= 0.3 is 5.97 Å². The van der Waals surface area contributed by atoms with Crippen LogP contribution in [0.5, 0.6) is 17.2 Å². The lowest BCUT2D eigenvalue weighted by Gasteiger charge is -2.15. The summed E-state index contributed by atoms with van der Waals surface area (Å²) >= 11 is 2.04. The molecule has 0 unspecified atom stereocenters. The molecule has 2 aromatic rings. The zero-order chi connectivity index (χ0) is 17.1. The molecule has 0 saturated heterocycles. The van der Waals surface area contributed by atoms with Crippen molar-refractivity contribution < 1.29 is 19.7 Å². The maximum atomic E-state index is 10.9. The van der Waals surface area contributed by atoms with E-state index < -0.39 is 12.0 Å². The SMILES string of the molecule is Cc1cc(C[C@H](N)C(=O)O)cc(C)c1Oc1ccc(O)c(I)c1. The second-order valence-corrected chi connectivity index (χ2v) is 6.59. The number of carbonyl (C=O) groups is 1. The van der Waals surface area contributed by atoms with Gasteiger partial charge in [-0.1, -0.05) is 12.1 Å². The molecule has 0 aliphatic rings. The molecule has 0 saturated carbocycles. The van der Waals surface area contributed by atoms with E-state index in [1.165, 1.54) is 0 Å². The van der Waals surface area contributed by atoms with E-state index in [-0.39, 0.29) is 12.2 Å². The molecule has 0 aromatic heterocycles. The fourth-order valence-electron chi connectivity index (χ4n) is 2.33. The third kappa shape index (κ3) is 4.35. The van der Waals surface area contributed by atoms with E-state index in [2.05, 4.69) is 0 Å². The lowest BCUT2D eigenvalue weighted by molar-refractivity contribution is -0.138. The van der Waals surface area contributed by atoms with Gasteiger partial charge in [-0.2, -0.15) is 0 Å². The number of hydrogen-bond acceptors (Lipinski definition) is 4. The predicted octanol–water partition coefficient (Wildman–Crippen LogP) is 3.36. The second-order valence-electron chi connectivity index (χ2n) is 5.42. The van der Waals surface area contributed by atoms with E-state index in [0.29, 0.717) is 9.32 Å². The molecule has 0 aliphatic carbocycles. The molecule has 4 N–H and O–H groups in total. The van der Waals surface area contributed by atoms with Gasteiger partial charge in [0.2, 0.25) is 0 Å². The van der Waals surface area contributed by atoms with Crippen molar-refractivity contribution in [1.29, 1.82) is 0 Å². The van der Waals surface area contributed by atoms with Crippen LogP contribution in [0.25, 0.3) is 0 Å². The largest absolute Gasteiger partial charge is 0.507 e. The molecule has 0 bridgehead atoms.